The van der Waals surface area contributed by atoms with Gasteiger partial charge in [0.25, 0.3) is 5.91 Å². The van der Waals surface area contributed by atoms with Crippen molar-refractivity contribution in [3.8, 4) is 5.75 Å². The Morgan fingerprint density at radius 2 is 1.72 bits per heavy atom. The van der Waals surface area contributed by atoms with E-state index in [9.17, 15) is 4.79 Å². The number of para-hydroxylation sites is 1. The second-order valence-electron chi connectivity index (χ2n) is 7.16. The van der Waals surface area contributed by atoms with Gasteiger partial charge in [-0.1, -0.05) is 57.7 Å². The number of thiocarbonyl (C=S) groups is 1. The van der Waals surface area contributed by atoms with E-state index in [1.54, 1.807) is 12.1 Å². The molecule has 0 aliphatic rings. The molecule has 1 amide bonds. The summed E-state index contributed by atoms with van der Waals surface area (Å²) in [6, 6.07) is 13.3. The molecule has 4 nitrogen and oxygen atoms in total. The van der Waals surface area contributed by atoms with Gasteiger partial charge in [-0.15, -0.1) is 0 Å². The first kappa shape index (κ1) is 22.9. The van der Waals surface area contributed by atoms with Crippen LogP contribution in [-0.2, 0) is 6.42 Å². The van der Waals surface area contributed by atoms with E-state index in [4.69, 9.17) is 17.0 Å². The molecule has 2 aromatic carbocycles. The van der Waals surface area contributed by atoms with Gasteiger partial charge in [0.05, 0.1) is 6.61 Å². The summed E-state index contributed by atoms with van der Waals surface area (Å²) in [7, 11) is 0. The van der Waals surface area contributed by atoms with Crippen LogP contribution in [0, 0.1) is 6.92 Å². The fraction of sp³-hybridized carbons (Fsp3) is 0.417. The van der Waals surface area contributed by atoms with E-state index in [-0.39, 0.29) is 5.91 Å². The quantitative estimate of drug-likeness (QED) is 0.369. The number of anilines is 1. The summed E-state index contributed by atoms with van der Waals surface area (Å²) in [4.78, 5) is 12.5. The number of hydrogen-bond acceptors (Lipinski definition) is 3. The molecule has 0 bridgehead atoms. The maximum absolute atomic E-state index is 12.5. The van der Waals surface area contributed by atoms with Crippen molar-refractivity contribution in [3.05, 3.63) is 59.2 Å². The average molecular weight is 413 g/mol. The lowest BCUT2D eigenvalue weighted by molar-refractivity contribution is 0.0977. The summed E-state index contributed by atoms with van der Waals surface area (Å²) in [5.74, 6) is 0.547. The van der Waals surface area contributed by atoms with E-state index in [1.165, 1.54) is 25.7 Å². The monoisotopic (exact) mass is 412 g/mol. The van der Waals surface area contributed by atoms with Crippen molar-refractivity contribution in [2.45, 2.75) is 59.3 Å². The highest BCUT2D eigenvalue weighted by molar-refractivity contribution is 7.80. The minimum atomic E-state index is -0.236. The number of unbranched alkanes of at least 4 members (excludes halogenated alkanes) is 4. The predicted molar refractivity (Wildman–Crippen MR) is 125 cm³/mol. The van der Waals surface area contributed by atoms with Gasteiger partial charge < -0.3 is 10.1 Å². The molecule has 0 heterocycles. The molecule has 0 saturated heterocycles. The Balaban J connectivity index is 1.84. The largest absolute Gasteiger partial charge is 0.494 e. The highest BCUT2D eigenvalue weighted by Crippen LogP contribution is 2.21. The van der Waals surface area contributed by atoms with Crippen LogP contribution in [0.2, 0.25) is 0 Å². The zero-order chi connectivity index (χ0) is 21.1. The van der Waals surface area contributed by atoms with E-state index >= 15 is 0 Å². The van der Waals surface area contributed by atoms with Crippen molar-refractivity contribution in [1.29, 1.82) is 0 Å². The van der Waals surface area contributed by atoms with Crippen molar-refractivity contribution in [3.63, 3.8) is 0 Å². The first-order valence-corrected chi connectivity index (χ1v) is 10.9. The highest BCUT2D eigenvalue weighted by Gasteiger charge is 2.11. The summed E-state index contributed by atoms with van der Waals surface area (Å²) in [6.45, 7) is 7.03. The second kappa shape index (κ2) is 12.2. The molecule has 0 unspecified atom stereocenters. The number of ether oxygens (including phenoxy) is 1. The summed E-state index contributed by atoms with van der Waals surface area (Å²) >= 11 is 5.34. The topological polar surface area (TPSA) is 50.4 Å². The Hall–Kier alpha value is -2.40. The Morgan fingerprint density at radius 3 is 2.41 bits per heavy atom. The molecule has 5 heteroatoms. The third kappa shape index (κ3) is 7.50. The van der Waals surface area contributed by atoms with Crippen LogP contribution >= 0.6 is 12.2 Å². The van der Waals surface area contributed by atoms with Crippen molar-refractivity contribution in [2.75, 3.05) is 11.9 Å². The lowest BCUT2D eigenvalue weighted by Gasteiger charge is -2.15. The molecular formula is C24H32N2O2S. The predicted octanol–water partition coefficient (Wildman–Crippen LogP) is 6.03. The van der Waals surface area contributed by atoms with Crippen molar-refractivity contribution in [2.24, 2.45) is 0 Å². The number of benzene rings is 2. The summed E-state index contributed by atoms with van der Waals surface area (Å²) in [5.41, 5.74) is 3.77. The van der Waals surface area contributed by atoms with Gasteiger partial charge in [-0.25, -0.2) is 0 Å². The third-order valence-corrected chi connectivity index (χ3v) is 5.04. The van der Waals surface area contributed by atoms with Gasteiger partial charge in [0.15, 0.2) is 5.11 Å². The fourth-order valence-corrected chi connectivity index (χ4v) is 3.32. The van der Waals surface area contributed by atoms with Crippen LogP contribution in [0.5, 0.6) is 5.75 Å². The molecule has 29 heavy (non-hydrogen) atoms. The van der Waals surface area contributed by atoms with Gasteiger partial charge in [0.2, 0.25) is 0 Å². The van der Waals surface area contributed by atoms with Gasteiger partial charge in [-0.3, -0.25) is 10.1 Å². The van der Waals surface area contributed by atoms with Crippen LogP contribution in [0.3, 0.4) is 0 Å². The Morgan fingerprint density at radius 1 is 1.00 bits per heavy atom. The number of amides is 1. The molecule has 0 aliphatic heterocycles. The summed E-state index contributed by atoms with van der Waals surface area (Å²) < 4.78 is 5.75. The number of rotatable bonds is 10. The van der Waals surface area contributed by atoms with Crippen LogP contribution < -0.4 is 15.4 Å². The summed E-state index contributed by atoms with van der Waals surface area (Å²) in [5, 5.41) is 6.22. The number of nitrogens with one attached hydrogen (secondary N) is 2. The SMILES string of the molecule is CCCCCCCOc1ccc(C(=O)NC(=S)Nc2c(C)cccc2CC)cc1. The molecule has 0 atom stereocenters. The number of carbonyl (C=O) groups is 1. The van der Waals surface area contributed by atoms with Crippen LogP contribution in [-0.4, -0.2) is 17.6 Å². The number of carbonyl (C=O) groups excluding carboxylic acids is 1. The third-order valence-electron chi connectivity index (χ3n) is 4.84. The molecule has 0 spiro atoms. The van der Waals surface area contributed by atoms with Gasteiger partial charge in [-0.05, 0) is 67.4 Å². The molecule has 0 fully saturated rings. The zero-order valence-corrected chi connectivity index (χ0v) is 18.5. The van der Waals surface area contributed by atoms with E-state index in [1.807, 2.05) is 31.2 Å². The highest BCUT2D eigenvalue weighted by atomic mass is 32.1. The Bertz CT molecular complexity index is 803. The Labute approximate surface area is 180 Å². The van der Waals surface area contributed by atoms with E-state index in [0.717, 1.165) is 35.4 Å². The molecule has 0 radical (unpaired) electrons. The summed E-state index contributed by atoms with van der Waals surface area (Å²) in [6.07, 6.45) is 6.92. The molecule has 2 N–H and O–H groups in total. The van der Waals surface area contributed by atoms with E-state index in [0.29, 0.717) is 17.3 Å². The lowest BCUT2D eigenvalue weighted by atomic mass is 10.1. The van der Waals surface area contributed by atoms with Crippen molar-refractivity contribution >= 4 is 28.9 Å². The minimum absolute atomic E-state index is 0.236. The van der Waals surface area contributed by atoms with Crippen LogP contribution in [0.1, 0.15) is 67.4 Å². The molecule has 0 aromatic heterocycles. The van der Waals surface area contributed by atoms with Crippen LogP contribution in [0.4, 0.5) is 5.69 Å². The average Bonchev–Trinajstić information content (AvgIpc) is 2.72. The standard InChI is InChI=1S/C24H32N2O2S/c1-4-6-7-8-9-17-28-21-15-13-20(14-16-21)23(27)26-24(29)25-22-18(3)11-10-12-19(22)5-2/h10-16H,4-9,17H2,1-3H3,(H2,25,26,27,29). The van der Waals surface area contributed by atoms with Crippen LogP contribution in [0.15, 0.2) is 42.5 Å². The molecule has 2 aromatic rings. The molecule has 2 rings (SSSR count). The normalized spacial score (nSPS) is 10.4. The van der Waals surface area contributed by atoms with E-state index in [2.05, 4.69) is 30.5 Å². The number of aryl methyl sites for hydroxylation is 2. The smallest absolute Gasteiger partial charge is 0.257 e. The second-order valence-corrected chi connectivity index (χ2v) is 7.57. The van der Waals surface area contributed by atoms with Crippen molar-refractivity contribution in [1.82, 2.24) is 5.32 Å². The number of hydrogen-bond donors (Lipinski definition) is 2. The van der Waals surface area contributed by atoms with Crippen LogP contribution in [0.25, 0.3) is 0 Å². The maximum atomic E-state index is 12.5. The molecular weight excluding hydrogens is 380 g/mol. The van der Waals surface area contributed by atoms with Gasteiger partial charge in [0.1, 0.15) is 5.75 Å². The van der Waals surface area contributed by atoms with Gasteiger partial charge >= 0.3 is 0 Å². The molecule has 156 valence electrons. The maximum Gasteiger partial charge on any atom is 0.257 e. The first-order valence-electron chi connectivity index (χ1n) is 10.5. The Kier molecular flexibility index (Phi) is 9.65. The lowest BCUT2D eigenvalue weighted by Crippen LogP contribution is -2.34. The minimum Gasteiger partial charge on any atom is -0.494 e. The van der Waals surface area contributed by atoms with Gasteiger partial charge in [0, 0.05) is 11.3 Å². The molecule has 0 saturated carbocycles. The molecule has 0 aliphatic carbocycles. The fourth-order valence-electron chi connectivity index (χ4n) is 3.12. The zero-order valence-electron chi connectivity index (χ0n) is 17.7. The first-order chi connectivity index (χ1) is 14.0. The van der Waals surface area contributed by atoms with Gasteiger partial charge in [-0.2, -0.15) is 0 Å². The van der Waals surface area contributed by atoms with E-state index < -0.39 is 0 Å². The van der Waals surface area contributed by atoms with Crippen molar-refractivity contribution < 1.29 is 9.53 Å².